The summed E-state index contributed by atoms with van der Waals surface area (Å²) >= 11 is 1.37. The number of morpholine rings is 1. The summed E-state index contributed by atoms with van der Waals surface area (Å²) < 4.78 is 18.5. The molecule has 7 heteroatoms. The van der Waals surface area contributed by atoms with Crippen molar-refractivity contribution in [2.75, 3.05) is 45.1 Å². The molecule has 0 aromatic heterocycles. The van der Waals surface area contributed by atoms with Gasteiger partial charge < -0.3 is 4.74 Å². The number of amides is 2. The van der Waals surface area contributed by atoms with Crippen molar-refractivity contribution in [3.63, 3.8) is 0 Å². The third-order valence-corrected chi connectivity index (χ3v) is 5.46. The molecule has 26 heavy (non-hydrogen) atoms. The van der Waals surface area contributed by atoms with Gasteiger partial charge in [-0.05, 0) is 29.9 Å². The molecule has 5 nitrogen and oxygen atoms in total. The topological polar surface area (TPSA) is 49.9 Å². The van der Waals surface area contributed by atoms with Crippen LogP contribution in [0.2, 0.25) is 0 Å². The first-order chi connectivity index (χ1) is 12.6. The maximum absolute atomic E-state index is 13.2. The Hall–Kier alpha value is -1.70. The Labute approximate surface area is 157 Å². The second kappa shape index (κ2) is 8.79. The van der Waals surface area contributed by atoms with Crippen molar-refractivity contribution in [3.8, 4) is 0 Å². The highest BCUT2D eigenvalue weighted by Crippen LogP contribution is 2.36. The summed E-state index contributed by atoms with van der Waals surface area (Å²) in [5.41, 5.74) is 0.990. The number of carbonyl (C=O) groups is 2. The minimum absolute atomic E-state index is 0.233. The van der Waals surface area contributed by atoms with Crippen LogP contribution in [0.1, 0.15) is 18.9 Å². The number of thioether (sulfide) groups is 1. The number of rotatable bonds is 7. The van der Waals surface area contributed by atoms with Gasteiger partial charge in [0.05, 0.1) is 23.7 Å². The highest BCUT2D eigenvalue weighted by molar-refractivity contribution is 8.04. The van der Waals surface area contributed by atoms with Crippen LogP contribution in [0.5, 0.6) is 0 Å². The monoisotopic (exact) mass is 378 g/mol. The standard InChI is InChI=1S/C19H23FN2O3S/c1-2-26-17-16(14-4-6-15(20)7-5-14)18(23)22(19(17)24)9-3-8-21-10-12-25-13-11-21/h4-7H,2-3,8-13H2,1H3. The lowest BCUT2D eigenvalue weighted by Crippen LogP contribution is -2.39. The van der Waals surface area contributed by atoms with Crippen LogP contribution < -0.4 is 0 Å². The van der Waals surface area contributed by atoms with Crippen molar-refractivity contribution in [3.05, 3.63) is 40.6 Å². The molecule has 2 aliphatic rings. The van der Waals surface area contributed by atoms with Crippen LogP contribution in [0.15, 0.2) is 29.2 Å². The summed E-state index contributed by atoms with van der Waals surface area (Å²) in [7, 11) is 0. The van der Waals surface area contributed by atoms with Crippen LogP contribution in [0.25, 0.3) is 5.57 Å². The van der Waals surface area contributed by atoms with E-state index in [0.29, 0.717) is 28.3 Å². The molecule has 1 fully saturated rings. The smallest absolute Gasteiger partial charge is 0.267 e. The van der Waals surface area contributed by atoms with Crippen LogP contribution in [-0.2, 0) is 14.3 Å². The van der Waals surface area contributed by atoms with E-state index in [1.807, 2.05) is 6.92 Å². The Morgan fingerprint density at radius 2 is 1.77 bits per heavy atom. The van der Waals surface area contributed by atoms with Crippen molar-refractivity contribution >= 4 is 29.1 Å². The van der Waals surface area contributed by atoms with Gasteiger partial charge >= 0.3 is 0 Å². The van der Waals surface area contributed by atoms with Gasteiger partial charge in [-0.1, -0.05) is 19.1 Å². The molecule has 2 amide bonds. The number of hydrogen-bond acceptors (Lipinski definition) is 5. The molecule has 0 spiro atoms. The molecule has 1 saturated heterocycles. The molecule has 0 unspecified atom stereocenters. The number of benzene rings is 1. The Bertz CT molecular complexity index is 699. The Kier molecular flexibility index (Phi) is 6.45. The number of imide groups is 1. The van der Waals surface area contributed by atoms with Crippen molar-refractivity contribution in [1.29, 1.82) is 0 Å². The molecule has 0 radical (unpaired) electrons. The van der Waals surface area contributed by atoms with Gasteiger partial charge in [0.1, 0.15) is 5.82 Å². The molecule has 2 aliphatic heterocycles. The third-order valence-electron chi connectivity index (χ3n) is 4.51. The zero-order valence-electron chi connectivity index (χ0n) is 14.9. The van der Waals surface area contributed by atoms with Crippen molar-refractivity contribution < 1.29 is 18.7 Å². The van der Waals surface area contributed by atoms with Crippen LogP contribution in [-0.4, -0.2) is 66.8 Å². The summed E-state index contributed by atoms with van der Waals surface area (Å²) in [6.07, 6.45) is 0.734. The molecule has 0 bridgehead atoms. The fourth-order valence-electron chi connectivity index (χ4n) is 3.18. The number of carbonyl (C=O) groups excluding carboxylic acids is 2. The lowest BCUT2D eigenvalue weighted by Gasteiger charge is -2.27. The molecule has 0 saturated carbocycles. The molecule has 1 aromatic carbocycles. The summed E-state index contributed by atoms with van der Waals surface area (Å²) in [5, 5.41) is 0. The van der Waals surface area contributed by atoms with Crippen molar-refractivity contribution in [2.24, 2.45) is 0 Å². The van der Waals surface area contributed by atoms with E-state index in [2.05, 4.69) is 4.90 Å². The zero-order valence-corrected chi connectivity index (χ0v) is 15.7. The fourth-order valence-corrected chi connectivity index (χ4v) is 4.06. The molecule has 140 valence electrons. The molecule has 3 rings (SSSR count). The van der Waals surface area contributed by atoms with Crippen LogP contribution in [0.4, 0.5) is 4.39 Å². The number of ether oxygens (including phenoxy) is 1. The van der Waals surface area contributed by atoms with Gasteiger partial charge in [-0.2, -0.15) is 0 Å². The third kappa shape index (κ3) is 4.16. The summed E-state index contributed by atoms with van der Waals surface area (Å²) in [6, 6.07) is 5.75. The Balaban J connectivity index is 1.70. The van der Waals surface area contributed by atoms with E-state index >= 15 is 0 Å². The van der Waals surface area contributed by atoms with Crippen LogP contribution >= 0.6 is 11.8 Å². The van der Waals surface area contributed by atoms with Crippen LogP contribution in [0, 0.1) is 5.82 Å². The predicted octanol–water partition coefficient (Wildman–Crippen LogP) is 2.38. The van der Waals surface area contributed by atoms with Crippen molar-refractivity contribution in [2.45, 2.75) is 13.3 Å². The lowest BCUT2D eigenvalue weighted by atomic mass is 10.1. The van der Waals surface area contributed by atoms with Gasteiger partial charge in [0.15, 0.2) is 0 Å². The second-order valence-electron chi connectivity index (χ2n) is 6.21. The highest BCUT2D eigenvalue weighted by atomic mass is 32.2. The predicted molar refractivity (Wildman–Crippen MR) is 100 cm³/mol. The first kappa shape index (κ1) is 19.1. The molecular weight excluding hydrogens is 355 g/mol. The van der Waals surface area contributed by atoms with Gasteiger partial charge in [0.2, 0.25) is 0 Å². The fraction of sp³-hybridized carbons (Fsp3) is 0.474. The quantitative estimate of drug-likeness (QED) is 0.682. The van der Waals surface area contributed by atoms with E-state index in [1.165, 1.54) is 28.8 Å². The van der Waals surface area contributed by atoms with Crippen molar-refractivity contribution in [1.82, 2.24) is 9.80 Å². The average Bonchev–Trinajstić information content (AvgIpc) is 2.88. The number of nitrogens with zero attached hydrogens (tertiary/aromatic N) is 2. The second-order valence-corrected chi connectivity index (χ2v) is 7.49. The summed E-state index contributed by atoms with van der Waals surface area (Å²) in [5.74, 6) is -0.179. The van der Waals surface area contributed by atoms with Gasteiger partial charge in [0.25, 0.3) is 11.8 Å². The zero-order chi connectivity index (χ0) is 18.5. The molecule has 2 heterocycles. The first-order valence-corrected chi connectivity index (χ1v) is 9.89. The van der Waals surface area contributed by atoms with E-state index in [9.17, 15) is 14.0 Å². The minimum atomic E-state index is -0.363. The summed E-state index contributed by atoms with van der Waals surface area (Å²) in [6.45, 7) is 6.41. The minimum Gasteiger partial charge on any atom is -0.379 e. The Morgan fingerprint density at radius 3 is 2.42 bits per heavy atom. The lowest BCUT2D eigenvalue weighted by molar-refractivity contribution is -0.136. The molecule has 0 N–H and O–H groups in total. The van der Waals surface area contributed by atoms with Gasteiger partial charge in [-0.3, -0.25) is 19.4 Å². The SMILES string of the molecule is CCSC1=C(c2ccc(F)cc2)C(=O)N(CCCN2CCOCC2)C1=O. The van der Waals surface area contributed by atoms with Gasteiger partial charge in [-0.15, -0.1) is 11.8 Å². The maximum Gasteiger partial charge on any atom is 0.267 e. The van der Waals surface area contributed by atoms with E-state index in [1.54, 1.807) is 12.1 Å². The first-order valence-electron chi connectivity index (χ1n) is 8.91. The molecular formula is C19H23FN2O3S. The number of hydrogen-bond donors (Lipinski definition) is 0. The van der Waals surface area contributed by atoms with Crippen LogP contribution in [0.3, 0.4) is 0 Å². The number of halogens is 1. The Morgan fingerprint density at radius 1 is 1.08 bits per heavy atom. The molecule has 0 atom stereocenters. The highest BCUT2D eigenvalue weighted by Gasteiger charge is 2.38. The van der Waals surface area contributed by atoms with Gasteiger partial charge in [0, 0.05) is 26.2 Å². The van der Waals surface area contributed by atoms with E-state index in [-0.39, 0.29) is 17.6 Å². The normalized spacial score (nSPS) is 18.9. The molecule has 0 aliphatic carbocycles. The maximum atomic E-state index is 13.2. The average molecular weight is 378 g/mol. The van der Waals surface area contributed by atoms with E-state index < -0.39 is 0 Å². The van der Waals surface area contributed by atoms with E-state index in [0.717, 1.165) is 39.3 Å². The largest absolute Gasteiger partial charge is 0.379 e. The molecule has 1 aromatic rings. The van der Waals surface area contributed by atoms with E-state index in [4.69, 9.17) is 4.74 Å². The summed E-state index contributed by atoms with van der Waals surface area (Å²) in [4.78, 5) is 29.7. The van der Waals surface area contributed by atoms with Gasteiger partial charge in [-0.25, -0.2) is 4.39 Å².